The first kappa shape index (κ1) is 20.8. The Kier molecular flexibility index (Phi) is 14.0. The second kappa shape index (κ2) is 13.5. The Morgan fingerprint density at radius 2 is 1.55 bits per heavy atom. The van der Waals surface area contributed by atoms with E-state index < -0.39 is 15.7 Å². The Labute approximate surface area is 141 Å². The van der Waals surface area contributed by atoms with Crippen LogP contribution in [0.5, 0.6) is 0 Å². The van der Waals surface area contributed by atoms with Crippen LogP contribution in [-0.4, -0.2) is 32.5 Å². The third-order valence-electron chi connectivity index (χ3n) is 3.27. The molecular weight excluding hydrogens is 383 g/mol. The molecule has 5 heteroatoms. The van der Waals surface area contributed by atoms with Crippen molar-refractivity contribution >= 4 is 32.4 Å². The standard InChI is InChI=1S/C15H33IO3Si/c1-5-9-10-11-12-13-14(16)20-19-15(6-2,17-7-3)18-8-4/h14H,5-13,20H2,1-4H3. The number of unbranched alkanes of at least 4 members (excludes halogenated alkanes) is 4. The van der Waals surface area contributed by atoms with Crippen molar-refractivity contribution in [1.82, 2.24) is 0 Å². The van der Waals surface area contributed by atoms with Crippen LogP contribution in [-0.2, 0) is 13.9 Å². The molecule has 0 saturated carbocycles. The van der Waals surface area contributed by atoms with E-state index >= 15 is 0 Å². The Hall–Kier alpha value is 0.827. The zero-order valence-electron chi connectivity index (χ0n) is 13.8. The van der Waals surface area contributed by atoms with E-state index in [1.807, 2.05) is 13.8 Å². The lowest BCUT2D eigenvalue weighted by Gasteiger charge is -2.32. The fourth-order valence-electron chi connectivity index (χ4n) is 2.14. The molecule has 0 radical (unpaired) electrons. The first-order valence-electron chi connectivity index (χ1n) is 8.20. The highest BCUT2D eigenvalue weighted by Gasteiger charge is 2.30. The van der Waals surface area contributed by atoms with Crippen molar-refractivity contribution in [1.29, 1.82) is 0 Å². The van der Waals surface area contributed by atoms with Gasteiger partial charge in [0.1, 0.15) is 0 Å². The second-order valence-electron chi connectivity index (χ2n) is 5.01. The molecule has 0 rings (SSSR count). The SMILES string of the molecule is CCCCCCCC(I)[SiH2]OC(CC)(OCC)OCC. The molecule has 0 fully saturated rings. The average molecular weight is 416 g/mol. The Bertz CT molecular complexity index is 211. The molecule has 0 aliphatic carbocycles. The molecule has 1 unspecified atom stereocenters. The lowest BCUT2D eigenvalue weighted by molar-refractivity contribution is -0.343. The van der Waals surface area contributed by atoms with Crippen LogP contribution in [0.4, 0.5) is 0 Å². The summed E-state index contributed by atoms with van der Waals surface area (Å²) in [5.74, 6) is -0.776. The summed E-state index contributed by atoms with van der Waals surface area (Å²) in [6.45, 7) is 9.56. The molecule has 0 spiro atoms. The van der Waals surface area contributed by atoms with E-state index in [4.69, 9.17) is 13.9 Å². The van der Waals surface area contributed by atoms with Gasteiger partial charge in [-0.05, 0) is 20.3 Å². The van der Waals surface area contributed by atoms with E-state index in [1.165, 1.54) is 38.5 Å². The highest BCUT2D eigenvalue weighted by Crippen LogP contribution is 2.22. The van der Waals surface area contributed by atoms with Gasteiger partial charge < -0.3 is 13.9 Å². The van der Waals surface area contributed by atoms with E-state index in [1.54, 1.807) is 0 Å². The maximum absolute atomic E-state index is 6.09. The predicted molar refractivity (Wildman–Crippen MR) is 97.1 cm³/mol. The third kappa shape index (κ3) is 9.71. The van der Waals surface area contributed by atoms with Gasteiger partial charge in [-0.15, -0.1) is 0 Å². The van der Waals surface area contributed by atoms with Crippen LogP contribution in [0.15, 0.2) is 0 Å². The van der Waals surface area contributed by atoms with Gasteiger partial charge in [0.2, 0.25) is 0 Å². The predicted octanol–water partition coefficient (Wildman–Crippen LogP) is 4.35. The van der Waals surface area contributed by atoms with Crippen LogP contribution in [0.3, 0.4) is 0 Å². The first-order chi connectivity index (χ1) is 9.64. The lowest BCUT2D eigenvalue weighted by atomic mass is 10.1. The molecule has 0 amide bonds. The quantitative estimate of drug-likeness (QED) is 0.139. The number of alkyl halides is 1. The molecule has 0 saturated heterocycles. The van der Waals surface area contributed by atoms with Gasteiger partial charge in [0, 0.05) is 23.2 Å². The highest BCUT2D eigenvalue weighted by molar-refractivity contribution is 14.1. The van der Waals surface area contributed by atoms with Gasteiger partial charge in [-0.3, -0.25) is 0 Å². The third-order valence-corrected chi connectivity index (χ3v) is 6.34. The van der Waals surface area contributed by atoms with Gasteiger partial charge in [-0.2, -0.15) is 0 Å². The average Bonchev–Trinajstić information content (AvgIpc) is 2.45. The monoisotopic (exact) mass is 416 g/mol. The molecule has 0 aromatic carbocycles. The second-order valence-corrected chi connectivity index (χ2v) is 10.0. The molecule has 0 aliphatic rings. The van der Waals surface area contributed by atoms with Crippen molar-refractivity contribution < 1.29 is 13.9 Å². The Morgan fingerprint density at radius 3 is 2.05 bits per heavy atom. The van der Waals surface area contributed by atoms with E-state index in [0.717, 1.165) is 6.42 Å². The van der Waals surface area contributed by atoms with Crippen LogP contribution >= 0.6 is 22.6 Å². The molecule has 122 valence electrons. The molecule has 0 aromatic rings. The van der Waals surface area contributed by atoms with E-state index in [-0.39, 0.29) is 0 Å². The van der Waals surface area contributed by atoms with Gasteiger partial charge in [0.05, 0.1) is 0 Å². The first-order valence-corrected chi connectivity index (χ1v) is 10.8. The van der Waals surface area contributed by atoms with Crippen molar-refractivity contribution in [3.8, 4) is 0 Å². The summed E-state index contributed by atoms with van der Waals surface area (Å²) >= 11 is 2.54. The summed E-state index contributed by atoms with van der Waals surface area (Å²) in [5, 5.41) is 0. The minimum Gasteiger partial charge on any atom is -0.375 e. The summed E-state index contributed by atoms with van der Waals surface area (Å²) in [5.41, 5.74) is 0. The number of rotatable bonds is 14. The molecule has 0 bridgehead atoms. The number of hydrogen-bond donors (Lipinski definition) is 0. The van der Waals surface area contributed by atoms with Gasteiger partial charge in [0.15, 0.2) is 9.76 Å². The molecule has 1 atom stereocenters. The van der Waals surface area contributed by atoms with Crippen molar-refractivity contribution in [2.24, 2.45) is 0 Å². The van der Waals surface area contributed by atoms with E-state index in [2.05, 4.69) is 36.4 Å². The summed E-state index contributed by atoms with van der Waals surface area (Å²) < 4.78 is 18.2. The van der Waals surface area contributed by atoms with Crippen LogP contribution in [0.25, 0.3) is 0 Å². The zero-order valence-corrected chi connectivity index (χ0v) is 17.3. The number of ether oxygens (including phenoxy) is 2. The van der Waals surface area contributed by atoms with Crippen molar-refractivity contribution in [2.75, 3.05) is 13.2 Å². The van der Waals surface area contributed by atoms with Crippen LogP contribution in [0.2, 0.25) is 0 Å². The Balaban J connectivity index is 3.94. The molecule has 0 heterocycles. The molecule has 0 aliphatic heterocycles. The topological polar surface area (TPSA) is 27.7 Å². The van der Waals surface area contributed by atoms with Gasteiger partial charge >= 0.3 is 0 Å². The van der Waals surface area contributed by atoms with Crippen molar-refractivity contribution in [2.45, 2.75) is 82.2 Å². The lowest BCUT2D eigenvalue weighted by Crippen LogP contribution is -2.41. The molecule has 0 aromatic heterocycles. The fourth-order valence-corrected chi connectivity index (χ4v) is 4.38. The minimum atomic E-state index is -0.776. The van der Waals surface area contributed by atoms with Crippen molar-refractivity contribution in [3.63, 3.8) is 0 Å². The van der Waals surface area contributed by atoms with Gasteiger partial charge in [0.25, 0.3) is 5.97 Å². The number of halogens is 1. The Morgan fingerprint density at radius 1 is 0.950 bits per heavy atom. The van der Waals surface area contributed by atoms with Gasteiger partial charge in [-0.1, -0.05) is 68.5 Å². The summed E-state index contributed by atoms with van der Waals surface area (Å²) in [7, 11) is -0.623. The molecule has 0 N–H and O–H groups in total. The fraction of sp³-hybridized carbons (Fsp3) is 1.00. The maximum Gasteiger partial charge on any atom is 0.272 e. The molecule has 3 nitrogen and oxygen atoms in total. The van der Waals surface area contributed by atoms with Crippen molar-refractivity contribution in [3.05, 3.63) is 0 Å². The maximum atomic E-state index is 6.09. The van der Waals surface area contributed by atoms with Crippen LogP contribution in [0, 0.1) is 0 Å². The minimum absolute atomic E-state index is 0.623. The molecule has 20 heavy (non-hydrogen) atoms. The smallest absolute Gasteiger partial charge is 0.272 e. The summed E-state index contributed by atoms with van der Waals surface area (Å²) in [6.07, 6.45) is 8.76. The largest absolute Gasteiger partial charge is 0.375 e. The summed E-state index contributed by atoms with van der Waals surface area (Å²) in [6, 6.07) is 0. The summed E-state index contributed by atoms with van der Waals surface area (Å²) in [4.78, 5) is 0. The highest BCUT2D eigenvalue weighted by atomic mass is 127. The number of hydrogen-bond acceptors (Lipinski definition) is 3. The normalized spacial score (nSPS) is 14.2. The van der Waals surface area contributed by atoms with E-state index in [0.29, 0.717) is 16.8 Å². The van der Waals surface area contributed by atoms with Gasteiger partial charge in [-0.25, -0.2) is 0 Å². The molecular formula is C15H33IO3Si. The zero-order chi connectivity index (χ0) is 15.3. The van der Waals surface area contributed by atoms with Crippen LogP contribution in [0.1, 0.15) is 72.6 Å². The van der Waals surface area contributed by atoms with Crippen LogP contribution < -0.4 is 0 Å². The van der Waals surface area contributed by atoms with E-state index in [9.17, 15) is 0 Å².